The van der Waals surface area contributed by atoms with Gasteiger partial charge in [-0.3, -0.25) is 0 Å². The molecule has 0 unspecified atom stereocenters. The zero-order chi connectivity index (χ0) is 10.6. The van der Waals surface area contributed by atoms with Crippen LogP contribution in [0.25, 0.3) is 0 Å². The zero-order valence-electron chi connectivity index (χ0n) is 7.99. The van der Waals surface area contributed by atoms with Crippen molar-refractivity contribution in [3.8, 4) is 6.07 Å². The fraction of sp³-hybridized carbons (Fsp3) is 0.778. The molecule has 5 heteroatoms. The summed E-state index contributed by atoms with van der Waals surface area (Å²) in [4.78, 5) is 10.4. The molecule has 1 aliphatic carbocycles. The number of hydrogen-bond acceptors (Lipinski definition) is 3. The third kappa shape index (κ3) is 2.89. The van der Waals surface area contributed by atoms with Gasteiger partial charge in [0, 0.05) is 11.6 Å². The first-order valence-electron chi connectivity index (χ1n) is 4.71. The lowest BCUT2D eigenvalue weighted by molar-refractivity contribution is 0.179. The van der Waals surface area contributed by atoms with Crippen molar-refractivity contribution in [2.24, 2.45) is 5.73 Å². The summed E-state index contributed by atoms with van der Waals surface area (Å²) < 4.78 is 0. The maximum absolute atomic E-state index is 10.4. The number of nitriles is 1. The van der Waals surface area contributed by atoms with E-state index in [4.69, 9.17) is 16.1 Å². The van der Waals surface area contributed by atoms with Crippen molar-refractivity contribution >= 4 is 6.09 Å². The van der Waals surface area contributed by atoms with Crippen molar-refractivity contribution in [2.75, 3.05) is 0 Å². The molecule has 5 nitrogen and oxygen atoms in total. The molecule has 1 fully saturated rings. The molecule has 0 aromatic rings. The normalized spacial score (nSPS) is 31.9. The quantitative estimate of drug-likeness (QED) is 0.609. The van der Waals surface area contributed by atoms with Gasteiger partial charge in [0.15, 0.2) is 0 Å². The van der Waals surface area contributed by atoms with E-state index in [1.54, 1.807) is 0 Å². The van der Waals surface area contributed by atoms with E-state index in [-0.39, 0.29) is 6.04 Å². The number of nitrogens with one attached hydrogen (secondary N) is 1. The lowest BCUT2D eigenvalue weighted by atomic mass is 9.78. The molecule has 1 aliphatic rings. The van der Waals surface area contributed by atoms with Crippen LogP contribution in [0, 0.1) is 11.3 Å². The Kier molecular flexibility index (Phi) is 3.31. The van der Waals surface area contributed by atoms with Crippen molar-refractivity contribution in [1.82, 2.24) is 5.32 Å². The van der Waals surface area contributed by atoms with Crippen molar-refractivity contribution in [3.05, 3.63) is 0 Å². The molecule has 1 rings (SSSR count). The van der Waals surface area contributed by atoms with Crippen LogP contribution >= 0.6 is 0 Å². The molecule has 0 aliphatic heterocycles. The number of hydrogen-bond donors (Lipinski definition) is 3. The molecule has 1 amide bonds. The summed E-state index contributed by atoms with van der Waals surface area (Å²) in [5.74, 6) is 0. The summed E-state index contributed by atoms with van der Waals surface area (Å²) in [6.07, 6.45) is 2.25. The van der Waals surface area contributed by atoms with Gasteiger partial charge in [0.2, 0.25) is 0 Å². The van der Waals surface area contributed by atoms with Gasteiger partial charge >= 0.3 is 6.09 Å². The molecule has 0 saturated heterocycles. The third-order valence-electron chi connectivity index (χ3n) is 2.74. The smallest absolute Gasteiger partial charge is 0.404 e. The highest BCUT2D eigenvalue weighted by Crippen LogP contribution is 2.28. The van der Waals surface area contributed by atoms with Crippen LogP contribution in [-0.4, -0.2) is 22.8 Å². The van der Waals surface area contributed by atoms with Crippen LogP contribution in [0.5, 0.6) is 0 Å². The van der Waals surface area contributed by atoms with Crippen molar-refractivity contribution in [3.63, 3.8) is 0 Å². The van der Waals surface area contributed by atoms with E-state index in [0.717, 1.165) is 12.8 Å². The van der Waals surface area contributed by atoms with Gasteiger partial charge in [-0.15, -0.1) is 0 Å². The minimum Gasteiger partial charge on any atom is -0.465 e. The van der Waals surface area contributed by atoms with Gasteiger partial charge in [0.1, 0.15) is 0 Å². The van der Waals surface area contributed by atoms with Crippen LogP contribution in [0.1, 0.15) is 32.1 Å². The summed E-state index contributed by atoms with van der Waals surface area (Å²) in [7, 11) is 0. The lowest BCUT2D eigenvalue weighted by Crippen LogP contribution is -2.47. The monoisotopic (exact) mass is 197 g/mol. The van der Waals surface area contributed by atoms with Crippen molar-refractivity contribution in [1.29, 1.82) is 5.26 Å². The summed E-state index contributed by atoms with van der Waals surface area (Å²) in [5, 5.41) is 19.5. The molecule has 0 spiro atoms. The molecule has 0 heterocycles. The first-order chi connectivity index (χ1) is 6.56. The second-order valence-electron chi connectivity index (χ2n) is 3.92. The standard InChI is InChI=1S/C9H15N3O2/c10-6-5-9(11)3-1-7(2-4-9)12-8(13)14/h7,12H,1-5,11H2,(H,13,14). The highest BCUT2D eigenvalue weighted by molar-refractivity contribution is 5.64. The second kappa shape index (κ2) is 4.29. The summed E-state index contributed by atoms with van der Waals surface area (Å²) in [6.45, 7) is 0. The van der Waals surface area contributed by atoms with E-state index < -0.39 is 11.6 Å². The predicted octanol–water partition coefficient (Wildman–Crippen LogP) is 0.808. The van der Waals surface area contributed by atoms with E-state index in [1.165, 1.54) is 0 Å². The molecule has 0 aromatic carbocycles. The molecule has 1 saturated carbocycles. The van der Waals surface area contributed by atoms with Gasteiger partial charge in [-0.05, 0) is 25.7 Å². The molecule has 78 valence electrons. The Balaban J connectivity index is 2.38. The van der Waals surface area contributed by atoms with Crippen LogP contribution in [-0.2, 0) is 0 Å². The SMILES string of the molecule is N#CCC1(N)CCC(NC(=O)O)CC1. The third-order valence-corrected chi connectivity index (χ3v) is 2.74. The fourth-order valence-electron chi connectivity index (χ4n) is 1.85. The Labute approximate surface area is 82.9 Å². The highest BCUT2D eigenvalue weighted by atomic mass is 16.4. The Morgan fingerprint density at radius 3 is 2.64 bits per heavy atom. The summed E-state index contributed by atoms with van der Waals surface area (Å²) in [5.41, 5.74) is 5.57. The number of nitrogens with zero attached hydrogens (tertiary/aromatic N) is 1. The average molecular weight is 197 g/mol. The van der Waals surface area contributed by atoms with Crippen molar-refractivity contribution in [2.45, 2.75) is 43.7 Å². The molecular weight excluding hydrogens is 182 g/mol. The van der Waals surface area contributed by atoms with E-state index in [9.17, 15) is 4.79 Å². The Morgan fingerprint density at radius 2 is 2.21 bits per heavy atom. The fourth-order valence-corrected chi connectivity index (χ4v) is 1.85. The van der Waals surface area contributed by atoms with Gasteiger partial charge in [-0.1, -0.05) is 0 Å². The minimum atomic E-state index is -0.986. The first kappa shape index (κ1) is 10.8. The molecule has 14 heavy (non-hydrogen) atoms. The maximum Gasteiger partial charge on any atom is 0.404 e. The van der Waals surface area contributed by atoms with Gasteiger partial charge in [-0.2, -0.15) is 5.26 Å². The summed E-state index contributed by atoms with van der Waals surface area (Å²) in [6, 6.07) is 2.07. The minimum absolute atomic E-state index is 0.00266. The second-order valence-corrected chi connectivity index (χ2v) is 3.92. The van der Waals surface area contributed by atoms with E-state index in [2.05, 4.69) is 11.4 Å². The van der Waals surface area contributed by atoms with Crippen LogP contribution in [0.3, 0.4) is 0 Å². The van der Waals surface area contributed by atoms with Gasteiger partial charge in [-0.25, -0.2) is 4.79 Å². The van der Waals surface area contributed by atoms with Crippen LogP contribution < -0.4 is 11.1 Å². The average Bonchev–Trinajstić information content (AvgIpc) is 2.09. The molecule has 4 N–H and O–H groups in total. The van der Waals surface area contributed by atoms with E-state index >= 15 is 0 Å². The molecule has 0 aromatic heterocycles. The summed E-state index contributed by atoms with van der Waals surface area (Å²) >= 11 is 0. The lowest BCUT2D eigenvalue weighted by Gasteiger charge is -2.35. The molecular formula is C9H15N3O2. The number of amides is 1. The van der Waals surface area contributed by atoms with Gasteiger partial charge < -0.3 is 16.2 Å². The molecule has 0 bridgehead atoms. The molecule has 0 atom stereocenters. The number of rotatable bonds is 2. The van der Waals surface area contributed by atoms with Crippen molar-refractivity contribution < 1.29 is 9.90 Å². The highest BCUT2D eigenvalue weighted by Gasteiger charge is 2.31. The van der Waals surface area contributed by atoms with Crippen LogP contribution in [0.2, 0.25) is 0 Å². The number of carboxylic acid groups (broad SMARTS) is 1. The molecule has 0 radical (unpaired) electrons. The van der Waals surface area contributed by atoms with Crippen LogP contribution in [0.4, 0.5) is 4.79 Å². The first-order valence-corrected chi connectivity index (χ1v) is 4.71. The zero-order valence-corrected chi connectivity index (χ0v) is 7.99. The Bertz CT molecular complexity index is 251. The predicted molar refractivity (Wildman–Crippen MR) is 50.6 cm³/mol. The Morgan fingerprint density at radius 1 is 1.64 bits per heavy atom. The maximum atomic E-state index is 10.4. The largest absolute Gasteiger partial charge is 0.465 e. The number of nitrogens with two attached hydrogens (primary N) is 1. The van der Waals surface area contributed by atoms with E-state index in [0.29, 0.717) is 19.3 Å². The van der Waals surface area contributed by atoms with Gasteiger partial charge in [0.25, 0.3) is 0 Å². The van der Waals surface area contributed by atoms with Gasteiger partial charge in [0.05, 0.1) is 12.5 Å². The topological polar surface area (TPSA) is 99.1 Å². The van der Waals surface area contributed by atoms with E-state index in [1.807, 2.05) is 0 Å². The number of carbonyl (C=O) groups is 1. The Hall–Kier alpha value is -1.28. The van der Waals surface area contributed by atoms with Crippen LogP contribution in [0.15, 0.2) is 0 Å².